The van der Waals surface area contributed by atoms with E-state index in [0.29, 0.717) is 17.0 Å². The summed E-state index contributed by atoms with van der Waals surface area (Å²) in [4.78, 5) is 28.1. The summed E-state index contributed by atoms with van der Waals surface area (Å²) in [6.07, 6.45) is 0. The van der Waals surface area contributed by atoms with E-state index in [9.17, 15) is 9.59 Å². The van der Waals surface area contributed by atoms with Gasteiger partial charge in [-0.25, -0.2) is 4.98 Å². The second-order valence-corrected chi connectivity index (χ2v) is 4.98. The van der Waals surface area contributed by atoms with E-state index in [1.54, 1.807) is 6.92 Å². The molecule has 2 heterocycles. The minimum atomic E-state index is -0.166. The highest BCUT2D eigenvalue weighted by atomic mass is 16.1. The molecule has 6 nitrogen and oxygen atoms in total. The Kier molecular flexibility index (Phi) is 2.56. The lowest BCUT2D eigenvalue weighted by molar-refractivity contribution is -0.118. The van der Waals surface area contributed by atoms with Gasteiger partial charge in [-0.3, -0.25) is 9.59 Å². The lowest BCUT2D eigenvalue weighted by Gasteiger charge is -2.32. The van der Waals surface area contributed by atoms with Gasteiger partial charge in [0.25, 0.3) is 0 Å². The van der Waals surface area contributed by atoms with Gasteiger partial charge in [0.1, 0.15) is 11.5 Å². The van der Waals surface area contributed by atoms with E-state index in [2.05, 4.69) is 20.2 Å². The lowest BCUT2D eigenvalue weighted by Crippen LogP contribution is -2.42. The molecular formula is C13H16N4O2. The van der Waals surface area contributed by atoms with Crippen molar-refractivity contribution in [2.45, 2.75) is 33.4 Å². The van der Waals surface area contributed by atoms with Crippen LogP contribution < -0.4 is 10.6 Å². The van der Waals surface area contributed by atoms with Crippen molar-refractivity contribution in [3.63, 3.8) is 0 Å². The number of imidazole rings is 1. The van der Waals surface area contributed by atoms with Gasteiger partial charge in [0.05, 0.1) is 11.7 Å². The summed E-state index contributed by atoms with van der Waals surface area (Å²) in [5, 5.41) is 6.14. The molecule has 0 saturated heterocycles. The van der Waals surface area contributed by atoms with Crippen LogP contribution in [0.3, 0.4) is 0 Å². The highest BCUT2D eigenvalue weighted by molar-refractivity contribution is 6.10. The van der Waals surface area contributed by atoms with Gasteiger partial charge in [0, 0.05) is 31.3 Å². The molecule has 0 aromatic carbocycles. The Morgan fingerprint density at radius 1 is 1.47 bits per heavy atom. The van der Waals surface area contributed by atoms with Crippen LogP contribution in [0.2, 0.25) is 0 Å². The number of nitrogens with one attached hydrogen (secondary N) is 2. The number of aromatic nitrogens is 2. The lowest BCUT2D eigenvalue weighted by atomic mass is 9.91. The Balaban J connectivity index is 2.19. The van der Waals surface area contributed by atoms with E-state index in [-0.39, 0.29) is 17.7 Å². The van der Waals surface area contributed by atoms with Crippen molar-refractivity contribution in [1.29, 1.82) is 0 Å². The summed E-state index contributed by atoms with van der Waals surface area (Å²) in [5.74, 6) is 0.586. The summed E-state index contributed by atoms with van der Waals surface area (Å²) in [5.41, 5.74) is 2.61. The zero-order valence-corrected chi connectivity index (χ0v) is 11.2. The number of amides is 1. The number of Topliss-reactive ketones (excluding diaryl/α,β-unsaturated/α-hetero) is 1. The summed E-state index contributed by atoms with van der Waals surface area (Å²) in [7, 11) is 0. The van der Waals surface area contributed by atoms with E-state index in [0.717, 1.165) is 24.6 Å². The average Bonchev–Trinajstić information content (AvgIpc) is 2.71. The maximum absolute atomic E-state index is 12.3. The minimum absolute atomic E-state index is 0.0967. The fourth-order valence-corrected chi connectivity index (χ4v) is 2.85. The number of nitrogens with zero attached hydrogens (tertiary/aromatic N) is 2. The predicted octanol–water partition coefficient (Wildman–Crippen LogP) is 0.442. The average molecular weight is 260 g/mol. The van der Waals surface area contributed by atoms with Crippen LogP contribution in [0, 0.1) is 6.92 Å². The molecule has 0 spiro atoms. The predicted molar refractivity (Wildman–Crippen MR) is 68.6 cm³/mol. The zero-order valence-electron chi connectivity index (χ0n) is 11.2. The molecule has 0 fully saturated rings. The van der Waals surface area contributed by atoms with Crippen molar-refractivity contribution < 1.29 is 9.59 Å². The number of hydrogen-bond donors (Lipinski definition) is 2. The largest absolute Gasteiger partial charge is 0.329 e. The first-order valence-corrected chi connectivity index (χ1v) is 6.34. The molecule has 6 heteroatoms. The molecule has 0 bridgehead atoms. The molecule has 1 aromatic rings. The van der Waals surface area contributed by atoms with Crippen molar-refractivity contribution in [3.05, 3.63) is 28.5 Å². The molecule has 1 unspecified atom stereocenters. The van der Waals surface area contributed by atoms with Gasteiger partial charge in [0.15, 0.2) is 0 Å². The second-order valence-electron chi connectivity index (χ2n) is 4.98. The highest BCUT2D eigenvalue weighted by Crippen LogP contribution is 2.35. The Hall–Kier alpha value is -1.95. The molecule has 0 radical (unpaired) electrons. The molecule has 1 aliphatic heterocycles. The Labute approximate surface area is 110 Å². The summed E-state index contributed by atoms with van der Waals surface area (Å²) >= 11 is 0. The van der Waals surface area contributed by atoms with Gasteiger partial charge in [-0.1, -0.05) is 0 Å². The Bertz CT molecular complexity index is 627. The van der Waals surface area contributed by atoms with E-state index in [1.165, 1.54) is 6.92 Å². The molecule has 1 aromatic heterocycles. The molecule has 19 heavy (non-hydrogen) atoms. The second kappa shape index (κ2) is 4.03. The van der Waals surface area contributed by atoms with Gasteiger partial charge < -0.3 is 15.2 Å². The van der Waals surface area contributed by atoms with Gasteiger partial charge in [-0.15, -0.1) is 0 Å². The Morgan fingerprint density at radius 3 is 2.89 bits per heavy atom. The van der Waals surface area contributed by atoms with Crippen molar-refractivity contribution in [3.8, 4) is 0 Å². The molecular weight excluding hydrogens is 244 g/mol. The smallest absolute Gasteiger partial charge is 0.221 e. The van der Waals surface area contributed by atoms with Gasteiger partial charge in [0.2, 0.25) is 11.7 Å². The molecule has 1 atom stereocenters. The number of hydrogen-bond acceptors (Lipinski definition) is 4. The van der Waals surface area contributed by atoms with Gasteiger partial charge in [-0.2, -0.15) is 0 Å². The minimum Gasteiger partial charge on any atom is -0.329 e. The number of allylic oxidation sites excluding steroid dienone is 1. The number of aryl methyl sites for hydroxylation is 1. The van der Waals surface area contributed by atoms with Crippen molar-refractivity contribution in [1.82, 2.24) is 20.2 Å². The molecule has 1 aliphatic carbocycles. The summed E-state index contributed by atoms with van der Waals surface area (Å²) in [6.45, 7) is 6.68. The fraction of sp³-hybridized carbons (Fsp3) is 0.462. The highest BCUT2D eigenvalue weighted by Gasteiger charge is 2.38. The van der Waals surface area contributed by atoms with Crippen LogP contribution in [0.15, 0.2) is 11.3 Å². The maximum Gasteiger partial charge on any atom is 0.221 e. The van der Waals surface area contributed by atoms with Gasteiger partial charge >= 0.3 is 0 Å². The fourth-order valence-electron chi connectivity index (χ4n) is 2.85. The molecule has 0 saturated carbocycles. The monoisotopic (exact) mass is 260 g/mol. The van der Waals surface area contributed by atoms with E-state index < -0.39 is 0 Å². The number of carbonyl (C=O) groups is 2. The standard InChI is InChI=1S/C13H16N4O2/c1-6-9(16-8(3)18)10-12-11(13(6)19)15-7(2)17(12)5-4-14-10/h10,14H,4-5H2,1-3H3,(H,16,18). The normalized spacial score (nSPS) is 21.4. The topological polar surface area (TPSA) is 76.0 Å². The van der Waals surface area contributed by atoms with Crippen LogP contribution in [0.25, 0.3) is 0 Å². The van der Waals surface area contributed by atoms with Crippen LogP contribution in [-0.2, 0) is 11.3 Å². The Morgan fingerprint density at radius 2 is 2.21 bits per heavy atom. The third kappa shape index (κ3) is 1.63. The van der Waals surface area contributed by atoms with Crippen LogP contribution >= 0.6 is 0 Å². The zero-order chi connectivity index (χ0) is 13.7. The summed E-state index contributed by atoms with van der Waals surface area (Å²) < 4.78 is 2.06. The number of carbonyl (C=O) groups excluding carboxylic acids is 2. The van der Waals surface area contributed by atoms with Crippen LogP contribution in [0.1, 0.15) is 41.9 Å². The molecule has 3 rings (SSSR count). The number of rotatable bonds is 1. The quantitative estimate of drug-likeness (QED) is 0.768. The van der Waals surface area contributed by atoms with Crippen molar-refractivity contribution in [2.24, 2.45) is 0 Å². The van der Waals surface area contributed by atoms with E-state index in [1.807, 2.05) is 6.92 Å². The van der Waals surface area contributed by atoms with Crippen LogP contribution in [0.4, 0.5) is 0 Å². The SMILES string of the molecule is CC(=O)NC1=C(C)C(=O)c2nc(C)n3c2C1NCC3. The molecule has 1 amide bonds. The van der Waals surface area contributed by atoms with Crippen molar-refractivity contribution in [2.75, 3.05) is 6.54 Å². The van der Waals surface area contributed by atoms with Crippen LogP contribution in [-0.4, -0.2) is 27.8 Å². The molecule has 100 valence electrons. The van der Waals surface area contributed by atoms with Crippen molar-refractivity contribution >= 4 is 11.7 Å². The maximum atomic E-state index is 12.3. The van der Waals surface area contributed by atoms with Gasteiger partial charge in [-0.05, 0) is 13.8 Å². The van der Waals surface area contributed by atoms with E-state index in [4.69, 9.17) is 0 Å². The third-order valence-electron chi connectivity index (χ3n) is 3.71. The molecule has 2 N–H and O–H groups in total. The molecule has 2 aliphatic rings. The van der Waals surface area contributed by atoms with E-state index >= 15 is 0 Å². The summed E-state index contributed by atoms with van der Waals surface area (Å²) in [6, 6.07) is -0.147. The third-order valence-corrected chi connectivity index (χ3v) is 3.71. The first kappa shape index (κ1) is 12.1. The first-order valence-electron chi connectivity index (χ1n) is 6.34. The first-order chi connectivity index (χ1) is 9.00. The number of ketones is 1. The van der Waals surface area contributed by atoms with Crippen LogP contribution in [0.5, 0.6) is 0 Å².